The van der Waals surface area contributed by atoms with Gasteiger partial charge in [0, 0.05) is 24.3 Å². The van der Waals surface area contributed by atoms with Crippen LogP contribution in [0, 0.1) is 5.41 Å². The van der Waals surface area contributed by atoms with E-state index in [-0.39, 0.29) is 12.3 Å². The lowest BCUT2D eigenvalue weighted by Gasteiger charge is -2.18. The SMILES string of the molecule is N=C1CCCN1c1ccc(NC(=O)Cc2ccc3nc(-c4ccc(Cl)s4)[nH]c3c2)cc1. The van der Waals surface area contributed by atoms with Crippen molar-refractivity contribution in [1.82, 2.24) is 9.97 Å². The number of hydrogen-bond donors (Lipinski definition) is 3. The third kappa shape index (κ3) is 4.19. The lowest BCUT2D eigenvalue weighted by Crippen LogP contribution is -2.23. The van der Waals surface area contributed by atoms with Crippen LogP contribution in [-0.4, -0.2) is 28.3 Å². The first kappa shape index (κ1) is 19.8. The first-order valence-corrected chi connectivity index (χ1v) is 11.2. The Hall–Kier alpha value is -3.16. The molecule has 1 aliphatic heterocycles. The van der Waals surface area contributed by atoms with Crippen molar-refractivity contribution >= 4 is 57.1 Å². The van der Waals surface area contributed by atoms with Gasteiger partial charge in [0.15, 0.2) is 0 Å². The smallest absolute Gasteiger partial charge is 0.228 e. The number of carbonyl (C=O) groups excluding carboxylic acids is 1. The lowest BCUT2D eigenvalue weighted by molar-refractivity contribution is -0.115. The van der Waals surface area contributed by atoms with Crippen LogP contribution in [0.5, 0.6) is 0 Å². The number of nitrogens with zero attached hydrogens (tertiary/aromatic N) is 2. The molecule has 0 saturated carbocycles. The van der Waals surface area contributed by atoms with Crippen molar-refractivity contribution in [2.24, 2.45) is 0 Å². The summed E-state index contributed by atoms with van der Waals surface area (Å²) in [6, 6.07) is 17.3. The molecule has 6 nitrogen and oxygen atoms in total. The maximum Gasteiger partial charge on any atom is 0.228 e. The third-order valence-electron chi connectivity index (χ3n) is 5.30. The van der Waals surface area contributed by atoms with E-state index in [0.29, 0.717) is 5.84 Å². The van der Waals surface area contributed by atoms with Crippen molar-refractivity contribution in [3.05, 3.63) is 64.5 Å². The molecule has 0 bridgehead atoms. The molecule has 4 aromatic rings. The Bertz CT molecular complexity index is 1280. The number of aromatic nitrogens is 2. The summed E-state index contributed by atoms with van der Waals surface area (Å²) in [6.07, 6.45) is 2.11. The van der Waals surface area contributed by atoms with Crippen LogP contribution in [0.25, 0.3) is 21.7 Å². The average Bonchev–Trinajstić information content (AvgIpc) is 3.47. The number of aromatic amines is 1. The molecule has 1 amide bonds. The summed E-state index contributed by atoms with van der Waals surface area (Å²) >= 11 is 7.50. The second-order valence-electron chi connectivity index (χ2n) is 7.51. The van der Waals surface area contributed by atoms with E-state index in [1.165, 1.54) is 11.3 Å². The monoisotopic (exact) mass is 449 g/mol. The van der Waals surface area contributed by atoms with Crippen molar-refractivity contribution in [2.45, 2.75) is 19.3 Å². The zero-order chi connectivity index (χ0) is 21.4. The molecule has 0 radical (unpaired) electrons. The van der Waals surface area contributed by atoms with E-state index in [4.69, 9.17) is 17.0 Å². The normalized spacial score (nSPS) is 13.8. The molecular formula is C23H20ClN5OS. The first-order chi connectivity index (χ1) is 15.0. The highest BCUT2D eigenvalue weighted by atomic mass is 35.5. The Labute approximate surface area is 188 Å². The molecule has 0 unspecified atom stereocenters. The number of benzene rings is 2. The van der Waals surface area contributed by atoms with Crippen LogP contribution in [0.2, 0.25) is 4.34 Å². The van der Waals surface area contributed by atoms with Crippen LogP contribution < -0.4 is 10.2 Å². The number of thiophene rings is 1. The molecule has 1 aliphatic rings. The van der Waals surface area contributed by atoms with E-state index in [1.54, 1.807) is 0 Å². The molecule has 1 saturated heterocycles. The maximum atomic E-state index is 12.5. The Morgan fingerprint density at radius 3 is 2.74 bits per heavy atom. The molecule has 2 aromatic heterocycles. The van der Waals surface area contributed by atoms with Crippen LogP contribution in [0.3, 0.4) is 0 Å². The molecule has 5 rings (SSSR count). The number of fused-ring (bicyclic) bond motifs is 1. The van der Waals surface area contributed by atoms with Gasteiger partial charge in [-0.25, -0.2) is 4.98 Å². The standard InChI is InChI=1S/C23H20ClN5OS/c24-20-10-9-19(31-20)23-27-17-8-3-14(12-18(17)28-23)13-22(30)26-15-4-6-16(7-5-15)29-11-1-2-21(29)25/h3-10,12,25H,1-2,11,13H2,(H,26,30)(H,27,28). The van der Waals surface area contributed by atoms with Crippen LogP contribution >= 0.6 is 22.9 Å². The van der Waals surface area contributed by atoms with Gasteiger partial charge < -0.3 is 15.2 Å². The number of H-pyrrole nitrogens is 1. The van der Waals surface area contributed by atoms with E-state index in [2.05, 4.69) is 15.3 Å². The second kappa shape index (κ2) is 8.17. The highest BCUT2D eigenvalue weighted by Crippen LogP contribution is 2.30. The summed E-state index contributed by atoms with van der Waals surface area (Å²) in [5.74, 6) is 1.35. The minimum atomic E-state index is -0.0780. The van der Waals surface area contributed by atoms with Crippen LogP contribution in [0.15, 0.2) is 54.6 Å². The molecule has 1 fully saturated rings. The van der Waals surface area contributed by atoms with Crippen LogP contribution in [-0.2, 0) is 11.2 Å². The van der Waals surface area contributed by atoms with Gasteiger partial charge in [0.1, 0.15) is 11.7 Å². The van der Waals surface area contributed by atoms with E-state index in [9.17, 15) is 4.79 Å². The molecule has 3 heterocycles. The van der Waals surface area contributed by atoms with Gasteiger partial charge in [0.2, 0.25) is 5.91 Å². The van der Waals surface area contributed by atoms with Gasteiger partial charge in [0.25, 0.3) is 0 Å². The molecular weight excluding hydrogens is 430 g/mol. The number of hydrogen-bond acceptors (Lipinski definition) is 4. The van der Waals surface area contributed by atoms with Crippen molar-refractivity contribution in [1.29, 1.82) is 5.41 Å². The largest absolute Gasteiger partial charge is 0.337 e. The predicted molar refractivity (Wildman–Crippen MR) is 127 cm³/mol. The molecule has 0 aliphatic carbocycles. The minimum absolute atomic E-state index is 0.0780. The minimum Gasteiger partial charge on any atom is -0.337 e. The lowest BCUT2D eigenvalue weighted by atomic mass is 10.1. The van der Waals surface area contributed by atoms with Gasteiger partial charge >= 0.3 is 0 Å². The van der Waals surface area contributed by atoms with E-state index < -0.39 is 0 Å². The Morgan fingerprint density at radius 1 is 1.19 bits per heavy atom. The first-order valence-electron chi connectivity index (χ1n) is 10.0. The molecule has 0 spiro atoms. The van der Waals surface area contributed by atoms with E-state index in [0.717, 1.165) is 62.4 Å². The van der Waals surface area contributed by atoms with Gasteiger partial charge in [-0.05, 0) is 60.5 Å². The predicted octanol–water partition coefficient (Wildman–Crippen LogP) is 5.70. The van der Waals surface area contributed by atoms with Crippen molar-refractivity contribution in [2.75, 3.05) is 16.8 Å². The highest BCUT2D eigenvalue weighted by molar-refractivity contribution is 7.19. The molecule has 3 N–H and O–H groups in total. The number of anilines is 2. The van der Waals surface area contributed by atoms with E-state index in [1.807, 2.05) is 59.5 Å². The Morgan fingerprint density at radius 2 is 2.03 bits per heavy atom. The van der Waals surface area contributed by atoms with Gasteiger partial charge in [0.05, 0.1) is 26.7 Å². The fraction of sp³-hybridized carbons (Fsp3) is 0.174. The molecule has 0 atom stereocenters. The number of amides is 1. The fourth-order valence-electron chi connectivity index (χ4n) is 3.80. The van der Waals surface area contributed by atoms with Crippen LogP contribution in [0.1, 0.15) is 18.4 Å². The van der Waals surface area contributed by atoms with Gasteiger partial charge in [-0.3, -0.25) is 10.2 Å². The summed E-state index contributed by atoms with van der Waals surface area (Å²) in [5.41, 5.74) is 4.40. The number of carbonyl (C=O) groups is 1. The second-order valence-corrected chi connectivity index (χ2v) is 9.23. The summed E-state index contributed by atoms with van der Waals surface area (Å²) < 4.78 is 0.722. The third-order valence-corrected chi connectivity index (χ3v) is 6.54. The Balaban J connectivity index is 1.26. The molecule has 2 aromatic carbocycles. The molecule has 31 heavy (non-hydrogen) atoms. The maximum absolute atomic E-state index is 12.5. The summed E-state index contributed by atoms with van der Waals surface area (Å²) in [7, 11) is 0. The quantitative estimate of drug-likeness (QED) is 0.365. The van der Waals surface area contributed by atoms with Gasteiger partial charge in [-0.1, -0.05) is 17.7 Å². The number of rotatable bonds is 5. The molecule has 8 heteroatoms. The zero-order valence-corrected chi connectivity index (χ0v) is 18.2. The van der Waals surface area contributed by atoms with Gasteiger partial charge in [-0.15, -0.1) is 11.3 Å². The van der Waals surface area contributed by atoms with Gasteiger partial charge in [-0.2, -0.15) is 0 Å². The van der Waals surface area contributed by atoms with E-state index >= 15 is 0 Å². The highest BCUT2D eigenvalue weighted by Gasteiger charge is 2.18. The number of amidine groups is 1. The zero-order valence-electron chi connectivity index (χ0n) is 16.6. The number of nitrogens with one attached hydrogen (secondary N) is 3. The topological polar surface area (TPSA) is 84.9 Å². The number of halogens is 1. The fourth-order valence-corrected chi connectivity index (χ4v) is 4.79. The Kier molecular flexibility index (Phi) is 5.21. The average molecular weight is 450 g/mol. The summed E-state index contributed by atoms with van der Waals surface area (Å²) in [5, 5.41) is 10.9. The van der Waals surface area contributed by atoms with Crippen LogP contribution in [0.4, 0.5) is 11.4 Å². The number of imidazole rings is 1. The summed E-state index contributed by atoms with van der Waals surface area (Å²) in [6.45, 7) is 0.877. The summed E-state index contributed by atoms with van der Waals surface area (Å²) in [4.78, 5) is 23.4. The van der Waals surface area contributed by atoms with Crippen molar-refractivity contribution in [3.63, 3.8) is 0 Å². The van der Waals surface area contributed by atoms with Crippen molar-refractivity contribution in [3.8, 4) is 10.7 Å². The van der Waals surface area contributed by atoms with Crippen molar-refractivity contribution < 1.29 is 4.79 Å². The molecule has 156 valence electrons.